The van der Waals surface area contributed by atoms with Crippen LogP contribution in [0.15, 0.2) is 21.6 Å². The highest BCUT2D eigenvalue weighted by atomic mass is 32.2. The van der Waals surface area contributed by atoms with E-state index in [0.29, 0.717) is 19.1 Å². The van der Waals surface area contributed by atoms with Crippen molar-refractivity contribution in [1.29, 1.82) is 0 Å². The van der Waals surface area contributed by atoms with E-state index in [2.05, 4.69) is 4.90 Å². The standard InChI is InChI=1S/C17H26N2O3S/c20-23(21,19-10-4-5-11-19)17-9-8-15(22-17)13-18-12-14-6-2-1-3-7-16(14)18/h8-9,14,16H,1-7,10-13H2/t14-,16+/m1/s1. The van der Waals surface area contributed by atoms with Crippen LogP contribution in [0.4, 0.5) is 0 Å². The summed E-state index contributed by atoms with van der Waals surface area (Å²) in [5, 5.41) is 0.118. The third kappa shape index (κ3) is 2.96. The summed E-state index contributed by atoms with van der Waals surface area (Å²) in [5.41, 5.74) is 0. The molecule has 5 nitrogen and oxygen atoms in total. The highest BCUT2D eigenvalue weighted by Crippen LogP contribution is 2.37. The number of hydrogen-bond donors (Lipinski definition) is 0. The van der Waals surface area contributed by atoms with Crippen LogP contribution in [0.25, 0.3) is 0 Å². The zero-order valence-corrected chi connectivity index (χ0v) is 14.4. The van der Waals surface area contributed by atoms with E-state index in [0.717, 1.165) is 37.6 Å². The summed E-state index contributed by atoms with van der Waals surface area (Å²) in [6.45, 7) is 3.12. The van der Waals surface area contributed by atoms with Crippen molar-refractivity contribution < 1.29 is 12.8 Å². The van der Waals surface area contributed by atoms with E-state index in [4.69, 9.17) is 4.42 Å². The first-order valence-electron chi connectivity index (χ1n) is 8.97. The van der Waals surface area contributed by atoms with Crippen LogP contribution in [0.1, 0.15) is 50.7 Å². The first-order valence-corrected chi connectivity index (χ1v) is 10.4. The molecule has 1 aliphatic carbocycles. The van der Waals surface area contributed by atoms with Gasteiger partial charge in [0, 0.05) is 25.7 Å². The van der Waals surface area contributed by atoms with Crippen molar-refractivity contribution >= 4 is 10.0 Å². The summed E-state index contributed by atoms with van der Waals surface area (Å²) in [4.78, 5) is 2.46. The molecule has 3 fully saturated rings. The van der Waals surface area contributed by atoms with Crippen molar-refractivity contribution in [1.82, 2.24) is 9.21 Å². The minimum absolute atomic E-state index is 0.118. The summed E-state index contributed by atoms with van der Waals surface area (Å²) in [6.07, 6.45) is 8.59. The molecule has 0 aromatic carbocycles. The number of nitrogens with zero attached hydrogens (tertiary/aromatic N) is 2. The highest BCUT2D eigenvalue weighted by molar-refractivity contribution is 7.89. The molecule has 1 aromatic heterocycles. The predicted octanol–water partition coefficient (Wildman–Crippen LogP) is 2.83. The molecule has 0 amide bonds. The van der Waals surface area contributed by atoms with Gasteiger partial charge in [0.1, 0.15) is 5.76 Å². The van der Waals surface area contributed by atoms with E-state index in [1.165, 1.54) is 32.1 Å². The number of likely N-dealkylation sites (tertiary alicyclic amines) is 1. The minimum Gasteiger partial charge on any atom is -0.447 e. The summed E-state index contributed by atoms with van der Waals surface area (Å²) in [7, 11) is -3.42. The molecule has 2 aliphatic heterocycles. The van der Waals surface area contributed by atoms with Crippen LogP contribution < -0.4 is 0 Å². The predicted molar refractivity (Wildman–Crippen MR) is 87.5 cm³/mol. The van der Waals surface area contributed by atoms with Gasteiger partial charge in [-0.3, -0.25) is 4.90 Å². The fraction of sp³-hybridized carbons (Fsp3) is 0.765. The van der Waals surface area contributed by atoms with Crippen LogP contribution in [0.5, 0.6) is 0 Å². The fourth-order valence-electron chi connectivity index (χ4n) is 4.38. The van der Waals surface area contributed by atoms with Gasteiger partial charge >= 0.3 is 0 Å². The molecule has 4 rings (SSSR count). The normalized spacial score (nSPS) is 29.9. The van der Waals surface area contributed by atoms with Crippen molar-refractivity contribution in [3.8, 4) is 0 Å². The van der Waals surface area contributed by atoms with E-state index in [9.17, 15) is 8.42 Å². The number of rotatable bonds is 4. The van der Waals surface area contributed by atoms with E-state index < -0.39 is 10.0 Å². The van der Waals surface area contributed by atoms with Crippen LogP contribution in [0.2, 0.25) is 0 Å². The molecule has 0 bridgehead atoms. The Hall–Kier alpha value is -0.850. The second kappa shape index (κ2) is 6.22. The lowest BCUT2D eigenvalue weighted by molar-refractivity contribution is -0.00272. The second-order valence-electron chi connectivity index (χ2n) is 7.23. The van der Waals surface area contributed by atoms with Crippen LogP contribution in [-0.2, 0) is 16.6 Å². The Morgan fingerprint density at radius 3 is 2.65 bits per heavy atom. The number of sulfonamides is 1. The molecular formula is C17H26N2O3S. The molecule has 23 heavy (non-hydrogen) atoms. The molecule has 1 saturated carbocycles. The third-order valence-corrected chi connectivity index (χ3v) is 7.48. The SMILES string of the molecule is O=S(=O)(c1ccc(CN2C[C@H]3CCCCC[C@@H]32)o1)N1CCCC1. The molecule has 128 valence electrons. The summed E-state index contributed by atoms with van der Waals surface area (Å²) in [6, 6.07) is 4.15. The maximum Gasteiger partial charge on any atom is 0.276 e. The average molecular weight is 338 g/mol. The van der Waals surface area contributed by atoms with E-state index in [1.54, 1.807) is 10.4 Å². The Kier molecular flexibility index (Phi) is 4.24. The van der Waals surface area contributed by atoms with Crippen molar-refractivity contribution in [2.24, 2.45) is 5.92 Å². The Labute approximate surface area is 138 Å². The topological polar surface area (TPSA) is 53.8 Å². The summed E-state index contributed by atoms with van der Waals surface area (Å²) >= 11 is 0. The molecule has 3 aliphatic rings. The quantitative estimate of drug-likeness (QED) is 0.847. The van der Waals surface area contributed by atoms with Gasteiger partial charge in [-0.1, -0.05) is 19.3 Å². The second-order valence-corrected chi connectivity index (χ2v) is 9.10. The van der Waals surface area contributed by atoms with Gasteiger partial charge in [-0.2, -0.15) is 4.31 Å². The van der Waals surface area contributed by atoms with E-state index in [1.807, 2.05) is 6.07 Å². The molecule has 0 spiro atoms. The molecule has 0 N–H and O–H groups in total. The number of hydrogen-bond acceptors (Lipinski definition) is 4. The van der Waals surface area contributed by atoms with Crippen molar-refractivity contribution in [3.63, 3.8) is 0 Å². The zero-order chi connectivity index (χ0) is 15.9. The largest absolute Gasteiger partial charge is 0.447 e. The van der Waals surface area contributed by atoms with Gasteiger partial charge in [-0.15, -0.1) is 0 Å². The number of furan rings is 1. The monoisotopic (exact) mass is 338 g/mol. The van der Waals surface area contributed by atoms with Crippen molar-refractivity contribution in [2.75, 3.05) is 19.6 Å². The van der Waals surface area contributed by atoms with Gasteiger partial charge in [0.25, 0.3) is 10.0 Å². The van der Waals surface area contributed by atoms with E-state index in [-0.39, 0.29) is 5.09 Å². The molecule has 2 atom stereocenters. The lowest BCUT2D eigenvalue weighted by Crippen LogP contribution is -2.54. The molecule has 0 radical (unpaired) electrons. The van der Waals surface area contributed by atoms with Crippen molar-refractivity contribution in [2.45, 2.75) is 62.6 Å². The molecule has 1 aromatic rings. The lowest BCUT2D eigenvalue weighted by Gasteiger charge is -2.47. The highest BCUT2D eigenvalue weighted by Gasteiger charge is 2.39. The summed E-state index contributed by atoms with van der Waals surface area (Å²) in [5.74, 6) is 1.63. The van der Waals surface area contributed by atoms with Gasteiger partial charge in [0.05, 0.1) is 6.54 Å². The van der Waals surface area contributed by atoms with Crippen LogP contribution in [0, 0.1) is 5.92 Å². The number of fused-ring (bicyclic) bond motifs is 1. The molecule has 2 saturated heterocycles. The third-order valence-electron chi connectivity index (χ3n) is 5.71. The molecule has 6 heteroatoms. The Morgan fingerprint density at radius 2 is 1.83 bits per heavy atom. The summed E-state index contributed by atoms with van der Waals surface area (Å²) < 4.78 is 32.3. The van der Waals surface area contributed by atoms with Crippen molar-refractivity contribution in [3.05, 3.63) is 17.9 Å². The van der Waals surface area contributed by atoms with Gasteiger partial charge in [-0.05, 0) is 43.7 Å². The molecule has 3 heterocycles. The maximum absolute atomic E-state index is 12.5. The zero-order valence-electron chi connectivity index (χ0n) is 13.6. The first kappa shape index (κ1) is 15.7. The lowest BCUT2D eigenvalue weighted by atomic mass is 9.84. The smallest absolute Gasteiger partial charge is 0.276 e. The first-order chi connectivity index (χ1) is 11.1. The average Bonchev–Trinajstić information content (AvgIpc) is 3.17. The Balaban J connectivity index is 1.42. The minimum atomic E-state index is -3.42. The van der Waals surface area contributed by atoms with Crippen LogP contribution >= 0.6 is 0 Å². The molecule has 0 unspecified atom stereocenters. The van der Waals surface area contributed by atoms with Gasteiger partial charge in [0.15, 0.2) is 0 Å². The van der Waals surface area contributed by atoms with Gasteiger partial charge in [0.2, 0.25) is 5.09 Å². The maximum atomic E-state index is 12.5. The fourth-order valence-corrected chi connectivity index (χ4v) is 5.82. The Morgan fingerprint density at radius 1 is 1.04 bits per heavy atom. The van der Waals surface area contributed by atoms with Crippen LogP contribution in [-0.4, -0.2) is 43.3 Å². The van der Waals surface area contributed by atoms with Gasteiger partial charge < -0.3 is 4.42 Å². The molecular weight excluding hydrogens is 312 g/mol. The van der Waals surface area contributed by atoms with Crippen LogP contribution in [0.3, 0.4) is 0 Å². The van der Waals surface area contributed by atoms with Gasteiger partial charge in [-0.25, -0.2) is 8.42 Å². The Bertz CT molecular complexity index is 649. The van der Waals surface area contributed by atoms with E-state index >= 15 is 0 Å².